The van der Waals surface area contributed by atoms with Crippen LogP contribution in [-0.2, 0) is 10.0 Å². The van der Waals surface area contributed by atoms with Crippen molar-refractivity contribution in [2.75, 3.05) is 6.54 Å². The SMILES string of the molecule is CCCNC(=O)NS(=O)(=O)c1ccc(-n2nc(-c3ccc(Cl)cc3)ccc2=O)cc1. The Hall–Kier alpha value is -3.17. The Labute approximate surface area is 178 Å². The van der Waals surface area contributed by atoms with Gasteiger partial charge >= 0.3 is 6.03 Å². The summed E-state index contributed by atoms with van der Waals surface area (Å²) in [6.45, 7) is 2.21. The Bertz CT molecular complexity index is 1210. The number of hydrogen-bond acceptors (Lipinski definition) is 5. The first-order valence-corrected chi connectivity index (χ1v) is 10.9. The number of halogens is 1. The van der Waals surface area contributed by atoms with E-state index in [4.69, 9.17) is 11.6 Å². The first-order valence-electron chi connectivity index (χ1n) is 9.07. The minimum Gasteiger partial charge on any atom is -0.337 e. The number of nitrogens with one attached hydrogen (secondary N) is 2. The van der Waals surface area contributed by atoms with Crippen LogP contribution >= 0.6 is 11.6 Å². The van der Waals surface area contributed by atoms with Crippen LogP contribution in [0.5, 0.6) is 0 Å². The number of benzene rings is 2. The van der Waals surface area contributed by atoms with Crippen molar-refractivity contribution in [1.82, 2.24) is 19.8 Å². The predicted octanol–water partition coefficient (Wildman–Crippen LogP) is 2.95. The molecule has 3 aromatic rings. The van der Waals surface area contributed by atoms with Gasteiger partial charge in [-0.05, 0) is 48.9 Å². The van der Waals surface area contributed by atoms with Gasteiger partial charge < -0.3 is 5.32 Å². The Morgan fingerprint density at radius 1 is 1.03 bits per heavy atom. The lowest BCUT2D eigenvalue weighted by atomic mass is 10.1. The van der Waals surface area contributed by atoms with E-state index in [1.807, 2.05) is 11.6 Å². The smallest absolute Gasteiger partial charge is 0.328 e. The number of amides is 2. The molecule has 0 spiro atoms. The monoisotopic (exact) mass is 446 g/mol. The van der Waals surface area contributed by atoms with Crippen LogP contribution in [0.4, 0.5) is 4.79 Å². The quantitative estimate of drug-likeness (QED) is 0.604. The van der Waals surface area contributed by atoms with Gasteiger partial charge in [-0.1, -0.05) is 30.7 Å². The Kier molecular flexibility index (Phi) is 6.53. The van der Waals surface area contributed by atoms with E-state index in [-0.39, 0.29) is 10.5 Å². The summed E-state index contributed by atoms with van der Waals surface area (Å²) in [4.78, 5) is 23.8. The van der Waals surface area contributed by atoms with E-state index in [0.717, 1.165) is 5.56 Å². The van der Waals surface area contributed by atoms with E-state index in [9.17, 15) is 18.0 Å². The zero-order valence-corrected chi connectivity index (χ0v) is 17.6. The van der Waals surface area contributed by atoms with Crippen LogP contribution in [-0.4, -0.2) is 30.8 Å². The third-order valence-corrected chi connectivity index (χ3v) is 5.69. The molecule has 0 saturated carbocycles. The minimum absolute atomic E-state index is 0.111. The molecule has 30 heavy (non-hydrogen) atoms. The van der Waals surface area contributed by atoms with Gasteiger partial charge in [-0.2, -0.15) is 9.78 Å². The van der Waals surface area contributed by atoms with E-state index in [0.29, 0.717) is 29.4 Å². The lowest BCUT2D eigenvalue weighted by Crippen LogP contribution is -2.39. The first-order chi connectivity index (χ1) is 14.3. The van der Waals surface area contributed by atoms with Crippen molar-refractivity contribution >= 4 is 27.7 Å². The van der Waals surface area contributed by atoms with Gasteiger partial charge in [0.25, 0.3) is 15.6 Å². The summed E-state index contributed by atoms with van der Waals surface area (Å²) >= 11 is 5.90. The van der Waals surface area contributed by atoms with Gasteiger partial charge in [0.1, 0.15) is 0 Å². The number of rotatable bonds is 6. The van der Waals surface area contributed by atoms with Crippen LogP contribution in [0.2, 0.25) is 5.02 Å². The highest BCUT2D eigenvalue weighted by atomic mass is 35.5. The third-order valence-electron chi connectivity index (χ3n) is 4.09. The van der Waals surface area contributed by atoms with Gasteiger partial charge in [-0.15, -0.1) is 0 Å². The molecule has 1 heterocycles. The molecule has 10 heteroatoms. The highest BCUT2D eigenvalue weighted by Crippen LogP contribution is 2.19. The van der Waals surface area contributed by atoms with Crippen LogP contribution < -0.4 is 15.6 Å². The molecule has 0 bridgehead atoms. The largest absolute Gasteiger partial charge is 0.337 e. The topological polar surface area (TPSA) is 110 Å². The fourth-order valence-electron chi connectivity index (χ4n) is 2.59. The van der Waals surface area contributed by atoms with E-state index in [2.05, 4.69) is 10.4 Å². The lowest BCUT2D eigenvalue weighted by molar-refractivity contribution is 0.246. The standard InChI is InChI=1S/C20H19ClN4O4S/c1-2-13-22-20(27)24-30(28,29)17-9-7-16(8-10-17)25-19(26)12-11-18(23-25)14-3-5-15(21)6-4-14/h3-12H,2,13H2,1H3,(H2,22,24,27). The maximum atomic E-state index is 12.3. The maximum Gasteiger partial charge on any atom is 0.328 e. The molecule has 0 aliphatic rings. The normalized spacial score (nSPS) is 11.1. The summed E-state index contributed by atoms with van der Waals surface area (Å²) < 4.78 is 27.7. The number of hydrogen-bond donors (Lipinski definition) is 2. The number of aromatic nitrogens is 2. The molecular formula is C20H19ClN4O4S. The molecule has 0 atom stereocenters. The summed E-state index contributed by atoms with van der Waals surface area (Å²) in [5.41, 5.74) is 1.33. The minimum atomic E-state index is -4.04. The molecule has 8 nitrogen and oxygen atoms in total. The van der Waals surface area contributed by atoms with Crippen molar-refractivity contribution in [2.45, 2.75) is 18.2 Å². The summed E-state index contributed by atoms with van der Waals surface area (Å²) in [5.74, 6) is 0. The van der Waals surface area contributed by atoms with E-state index < -0.39 is 16.1 Å². The van der Waals surface area contributed by atoms with Crippen molar-refractivity contribution in [1.29, 1.82) is 0 Å². The fraction of sp³-hybridized carbons (Fsp3) is 0.150. The molecule has 0 aliphatic carbocycles. The molecule has 0 radical (unpaired) electrons. The maximum absolute atomic E-state index is 12.3. The van der Waals surface area contributed by atoms with Crippen LogP contribution in [0.25, 0.3) is 16.9 Å². The summed E-state index contributed by atoms with van der Waals surface area (Å²) in [6, 6.07) is 14.7. The van der Waals surface area contributed by atoms with Crippen molar-refractivity contribution in [3.05, 3.63) is 76.0 Å². The van der Waals surface area contributed by atoms with Gasteiger partial charge in [-0.25, -0.2) is 17.9 Å². The summed E-state index contributed by atoms with van der Waals surface area (Å²) in [5, 5.41) is 7.37. The van der Waals surface area contributed by atoms with E-state index >= 15 is 0 Å². The van der Waals surface area contributed by atoms with Crippen LogP contribution in [0.15, 0.2) is 70.4 Å². The van der Waals surface area contributed by atoms with Crippen molar-refractivity contribution < 1.29 is 13.2 Å². The van der Waals surface area contributed by atoms with Gasteiger partial charge in [-0.3, -0.25) is 4.79 Å². The van der Waals surface area contributed by atoms with Crippen molar-refractivity contribution in [2.24, 2.45) is 0 Å². The number of nitrogens with zero attached hydrogens (tertiary/aromatic N) is 2. The number of sulfonamides is 1. The molecule has 2 N–H and O–H groups in total. The molecule has 2 amide bonds. The molecule has 0 fully saturated rings. The molecule has 3 rings (SSSR count). The molecule has 1 aromatic heterocycles. The lowest BCUT2D eigenvalue weighted by Gasteiger charge is -2.10. The molecule has 0 saturated heterocycles. The highest BCUT2D eigenvalue weighted by molar-refractivity contribution is 7.90. The molecule has 156 valence electrons. The average Bonchev–Trinajstić information content (AvgIpc) is 2.73. The molecule has 2 aromatic carbocycles. The zero-order chi connectivity index (χ0) is 21.7. The van der Waals surface area contributed by atoms with E-state index in [1.165, 1.54) is 35.0 Å². The number of carbonyl (C=O) groups excluding carboxylic acids is 1. The van der Waals surface area contributed by atoms with E-state index in [1.54, 1.807) is 30.3 Å². The fourth-order valence-corrected chi connectivity index (χ4v) is 3.65. The second kappa shape index (κ2) is 9.10. The van der Waals surface area contributed by atoms with Crippen molar-refractivity contribution in [3.63, 3.8) is 0 Å². The Balaban J connectivity index is 1.87. The van der Waals surface area contributed by atoms with Gasteiger partial charge in [0.05, 0.1) is 16.3 Å². The van der Waals surface area contributed by atoms with Crippen LogP contribution in [0.3, 0.4) is 0 Å². The number of urea groups is 1. The Morgan fingerprint density at radius 3 is 2.33 bits per heavy atom. The van der Waals surface area contributed by atoms with Crippen molar-refractivity contribution in [3.8, 4) is 16.9 Å². The molecular weight excluding hydrogens is 428 g/mol. The summed E-state index contributed by atoms with van der Waals surface area (Å²) in [7, 11) is -4.04. The second-order valence-corrected chi connectivity index (χ2v) is 8.45. The van der Waals surface area contributed by atoms with Gasteiger partial charge in [0, 0.05) is 23.2 Å². The Morgan fingerprint density at radius 2 is 1.70 bits per heavy atom. The first kappa shape index (κ1) is 21.5. The predicted molar refractivity (Wildman–Crippen MR) is 114 cm³/mol. The number of carbonyl (C=O) groups is 1. The second-order valence-electron chi connectivity index (χ2n) is 6.33. The van der Waals surface area contributed by atoms with Gasteiger partial charge in [0.2, 0.25) is 0 Å². The molecule has 0 aliphatic heterocycles. The van der Waals surface area contributed by atoms with Gasteiger partial charge in [0.15, 0.2) is 0 Å². The highest BCUT2D eigenvalue weighted by Gasteiger charge is 2.17. The summed E-state index contributed by atoms with van der Waals surface area (Å²) in [6.07, 6.45) is 0.680. The third kappa shape index (κ3) is 5.05. The average molecular weight is 447 g/mol. The van der Waals surface area contributed by atoms with Crippen LogP contribution in [0, 0.1) is 0 Å². The molecule has 0 unspecified atom stereocenters. The van der Waals surface area contributed by atoms with Crippen LogP contribution in [0.1, 0.15) is 13.3 Å². The zero-order valence-electron chi connectivity index (χ0n) is 16.0.